The molecule has 0 unspecified atom stereocenters. The van der Waals surface area contributed by atoms with Crippen molar-refractivity contribution in [3.8, 4) is 0 Å². The number of alkyl halides is 1. The first-order valence-corrected chi connectivity index (χ1v) is 2.79. The molecule has 0 spiro atoms. The van der Waals surface area contributed by atoms with Gasteiger partial charge in [0.05, 0.1) is 12.0 Å². The van der Waals surface area contributed by atoms with Crippen molar-refractivity contribution < 1.29 is 0 Å². The van der Waals surface area contributed by atoms with Crippen molar-refractivity contribution in [1.82, 2.24) is 10.6 Å². The van der Waals surface area contributed by atoms with E-state index >= 15 is 0 Å². The fraction of sp³-hybridized carbons (Fsp3) is 1.00. The van der Waals surface area contributed by atoms with Crippen LogP contribution < -0.4 is 10.6 Å². The fourth-order valence-corrected chi connectivity index (χ4v) is 0.607. The van der Waals surface area contributed by atoms with Gasteiger partial charge in [0, 0.05) is 0 Å². The maximum Gasteiger partial charge on any atom is 0.0706 e. The average Bonchev–Trinajstić information content (AvgIpc) is 1.72. The molecule has 0 atom stereocenters. The minimum atomic E-state index is 0. The van der Waals surface area contributed by atoms with Crippen molar-refractivity contribution in [2.75, 3.05) is 20.0 Å². The highest BCUT2D eigenvalue weighted by atomic mass is 35.5. The molecule has 2 N–H and O–H groups in total. The standard InChI is InChI=1S/C4H11ClN2.ClH/c1-6-4(3-5)7-2;/h4,6-7H,3H2,1-2H3;1H. The molecule has 0 aliphatic carbocycles. The number of rotatable bonds is 3. The van der Waals surface area contributed by atoms with Gasteiger partial charge in [0.1, 0.15) is 0 Å². The molecule has 0 rings (SSSR count). The van der Waals surface area contributed by atoms with Crippen LogP contribution in [0.15, 0.2) is 0 Å². The first-order chi connectivity index (χ1) is 3.35. The Balaban J connectivity index is 0. The number of hydrogen-bond acceptors (Lipinski definition) is 2. The van der Waals surface area contributed by atoms with Crippen LogP contribution in [0, 0.1) is 0 Å². The van der Waals surface area contributed by atoms with Gasteiger partial charge in [-0.2, -0.15) is 0 Å². The zero-order chi connectivity index (χ0) is 5.70. The van der Waals surface area contributed by atoms with Crippen LogP contribution in [0.25, 0.3) is 0 Å². The van der Waals surface area contributed by atoms with E-state index in [9.17, 15) is 0 Å². The largest absolute Gasteiger partial charge is 0.304 e. The zero-order valence-electron chi connectivity index (χ0n) is 5.07. The molecule has 0 aromatic carbocycles. The van der Waals surface area contributed by atoms with Crippen LogP contribution in [0.5, 0.6) is 0 Å². The molecular formula is C4H12Cl2N2. The van der Waals surface area contributed by atoms with Gasteiger partial charge in [-0.15, -0.1) is 24.0 Å². The molecule has 0 fully saturated rings. The highest BCUT2D eigenvalue weighted by Gasteiger charge is 1.94. The summed E-state index contributed by atoms with van der Waals surface area (Å²) < 4.78 is 0. The number of nitrogens with one attached hydrogen (secondary N) is 2. The summed E-state index contributed by atoms with van der Waals surface area (Å²) in [4.78, 5) is 0. The molecule has 0 bridgehead atoms. The number of hydrogen-bond donors (Lipinski definition) is 2. The molecule has 0 radical (unpaired) electrons. The summed E-state index contributed by atoms with van der Waals surface area (Å²) in [5, 5.41) is 5.92. The molecule has 0 aromatic rings. The Morgan fingerprint density at radius 2 is 1.75 bits per heavy atom. The van der Waals surface area contributed by atoms with E-state index < -0.39 is 0 Å². The lowest BCUT2D eigenvalue weighted by atomic mass is 10.6. The van der Waals surface area contributed by atoms with Crippen molar-refractivity contribution in [2.24, 2.45) is 0 Å². The second-order valence-electron chi connectivity index (χ2n) is 1.28. The summed E-state index contributed by atoms with van der Waals surface area (Å²) in [5.74, 6) is 0.604. The smallest absolute Gasteiger partial charge is 0.0706 e. The molecule has 4 heteroatoms. The summed E-state index contributed by atoms with van der Waals surface area (Å²) in [6.07, 6.45) is 0.252. The highest BCUT2D eigenvalue weighted by molar-refractivity contribution is 6.18. The Kier molecular flexibility index (Phi) is 10.6. The van der Waals surface area contributed by atoms with Crippen LogP contribution in [0.2, 0.25) is 0 Å². The monoisotopic (exact) mass is 158 g/mol. The summed E-state index contributed by atoms with van der Waals surface area (Å²) >= 11 is 5.44. The normalized spacial score (nSPS) is 9.00. The van der Waals surface area contributed by atoms with E-state index in [2.05, 4.69) is 10.6 Å². The van der Waals surface area contributed by atoms with Crippen LogP contribution in [0.3, 0.4) is 0 Å². The van der Waals surface area contributed by atoms with Gasteiger partial charge >= 0.3 is 0 Å². The lowest BCUT2D eigenvalue weighted by Gasteiger charge is -2.08. The van der Waals surface area contributed by atoms with E-state index in [1.807, 2.05) is 14.1 Å². The second kappa shape index (κ2) is 7.50. The van der Waals surface area contributed by atoms with Crippen molar-refractivity contribution in [3.63, 3.8) is 0 Å². The van der Waals surface area contributed by atoms with Gasteiger partial charge in [0.2, 0.25) is 0 Å². The third kappa shape index (κ3) is 4.65. The fourth-order valence-electron chi connectivity index (χ4n) is 0.299. The van der Waals surface area contributed by atoms with Gasteiger partial charge in [-0.05, 0) is 14.1 Å². The van der Waals surface area contributed by atoms with Crippen LogP contribution in [0.1, 0.15) is 0 Å². The van der Waals surface area contributed by atoms with Crippen LogP contribution in [-0.2, 0) is 0 Å². The summed E-state index contributed by atoms with van der Waals surface area (Å²) in [6.45, 7) is 0. The quantitative estimate of drug-likeness (QED) is 0.460. The molecule has 0 aliphatic heterocycles. The van der Waals surface area contributed by atoms with E-state index in [1.165, 1.54) is 0 Å². The minimum absolute atomic E-state index is 0. The molecule has 0 aromatic heterocycles. The van der Waals surface area contributed by atoms with Crippen molar-refractivity contribution in [2.45, 2.75) is 6.17 Å². The van der Waals surface area contributed by atoms with Gasteiger partial charge < -0.3 is 10.6 Å². The SMILES string of the molecule is CNC(CCl)NC.Cl. The van der Waals surface area contributed by atoms with Gasteiger partial charge in [0.15, 0.2) is 0 Å². The first kappa shape index (κ1) is 11.3. The third-order valence-electron chi connectivity index (χ3n) is 0.851. The maximum atomic E-state index is 5.44. The van der Waals surface area contributed by atoms with Crippen molar-refractivity contribution in [1.29, 1.82) is 0 Å². The second-order valence-corrected chi connectivity index (χ2v) is 1.59. The molecule has 0 aliphatic rings. The maximum absolute atomic E-state index is 5.44. The van der Waals surface area contributed by atoms with E-state index in [4.69, 9.17) is 11.6 Å². The third-order valence-corrected chi connectivity index (χ3v) is 1.16. The molecule has 0 saturated carbocycles. The van der Waals surface area contributed by atoms with E-state index in [0.717, 1.165) is 0 Å². The Bertz CT molecular complexity index is 33.5. The molecule has 0 heterocycles. The molecular weight excluding hydrogens is 147 g/mol. The predicted molar refractivity (Wildman–Crippen MR) is 39.9 cm³/mol. The van der Waals surface area contributed by atoms with Gasteiger partial charge in [-0.1, -0.05) is 0 Å². The first-order valence-electron chi connectivity index (χ1n) is 2.25. The van der Waals surface area contributed by atoms with E-state index in [1.54, 1.807) is 0 Å². The van der Waals surface area contributed by atoms with E-state index in [-0.39, 0.29) is 18.6 Å². The van der Waals surface area contributed by atoms with Crippen molar-refractivity contribution >= 4 is 24.0 Å². The Labute approximate surface area is 61.4 Å². The van der Waals surface area contributed by atoms with Gasteiger partial charge in [-0.25, -0.2) is 0 Å². The average molecular weight is 159 g/mol. The van der Waals surface area contributed by atoms with Crippen LogP contribution >= 0.6 is 24.0 Å². The van der Waals surface area contributed by atoms with Gasteiger partial charge in [-0.3, -0.25) is 0 Å². The Morgan fingerprint density at radius 1 is 1.38 bits per heavy atom. The van der Waals surface area contributed by atoms with Crippen molar-refractivity contribution in [3.05, 3.63) is 0 Å². The summed E-state index contributed by atoms with van der Waals surface area (Å²) in [5.41, 5.74) is 0. The summed E-state index contributed by atoms with van der Waals surface area (Å²) in [7, 11) is 3.73. The van der Waals surface area contributed by atoms with Crippen LogP contribution in [-0.4, -0.2) is 26.1 Å². The molecule has 52 valence electrons. The zero-order valence-corrected chi connectivity index (χ0v) is 6.64. The highest BCUT2D eigenvalue weighted by Crippen LogP contribution is 1.77. The Hall–Kier alpha value is 0.500. The molecule has 2 nitrogen and oxygen atoms in total. The lowest BCUT2D eigenvalue weighted by Crippen LogP contribution is -2.38. The lowest BCUT2D eigenvalue weighted by molar-refractivity contribution is 0.542. The van der Waals surface area contributed by atoms with Crippen LogP contribution in [0.4, 0.5) is 0 Å². The predicted octanol–water partition coefficient (Wildman–Crippen LogP) is 0.412. The molecule has 0 amide bonds. The summed E-state index contributed by atoms with van der Waals surface area (Å²) in [6, 6.07) is 0. The Morgan fingerprint density at radius 3 is 1.75 bits per heavy atom. The molecule has 8 heavy (non-hydrogen) atoms. The minimum Gasteiger partial charge on any atom is -0.304 e. The van der Waals surface area contributed by atoms with E-state index in [0.29, 0.717) is 5.88 Å². The topological polar surface area (TPSA) is 24.1 Å². The van der Waals surface area contributed by atoms with Gasteiger partial charge in [0.25, 0.3) is 0 Å². The molecule has 0 saturated heterocycles. The number of halogens is 2.